The molecule has 1 aliphatic rings. The average molecular weight is 243 g/mol. The molecule has 3 nitrogen and oxygen atoms in total. The van der Waals surface area contributed by atoms with E-state index in [1.54, 1.807) is 0 Å². The molecule has 1 aromatic carbocycles. The van der Waals surface area contributed by atoms with Crippen LogP contribution in [0, 0.1) is 17.2 Å². The summed E-state index contributed by atoms with van der Waals surface area (Å²) in [6.07, 6.45) is 1.89. The topological polar surface area (TPSA) is 50.1 Å². The van der Waals surface area contributed by atoms with Crippen LogP contribution in [0.4, 0.5) is 0 Å². The Balaban J connectivity index is 2.14. The third kappa shape index (κ3) is 2.70. The van der Waals surface area contributed by atoms with Crippen molar-refractivity contribution in [3.8, 4) is 11.8 Å². The number of ketones is 1. The van der Waals surface area contributed by atoms with E-state index < -0.39 is 0 Å². The van der Waals surface area contributed by atoms with E-state index >= 15 is 0 Å². The van der Waals surface area contributed by atoms with E-state index in [0.717, 1.165) is 11.3 Å². The second-order valence-corrected chi connectivity index (χ2v) is 4.62. The second kappa shape index (κ2) is 5.68. The van der Waals surface area contributed by atoms with Gasteiger partial charge in [0.25, 0.3) is 0 Å². The number of benzene rings is 1. The molecule has 94 valence electrons. The van der Waals surface area contributed by atoms with Crippen molar-refractivity contribution in [2.45, 2.75) is 32.1 Å². The van der Waals surface area contributed by atoms with Gasteiger partial charge in [0.15, 0.2) is 0 Å². The van der Waals surface area contributed by atoms with Crippen LogP contribution < -0.4 is 4.74 Å². The standard InChI is InChI=1S/C15H17NO2/c1-2-18-13-6-4-12(5-7-13)14-9-11(10-16)3-8-15(14)17/h4-7,11,14H,2-3,8-9H2,1H3. The summed E-state index contributed by atoms with van der Waals surface area (Å²) in [4.78, 5) is 11.9. The SMILES string of the molecule is CCOc1ccc(C2CC(C#N)CCC2=O)cc1. The molecule has 0 aromatic heterocycles. The van der Waals surface area contributed by atoms with Crippen molar-refractivity contribution < 1.29 is 9.53 Å². The Morgan fingerprint density at radius 2 is 2.11 bits per heavy atom. The van der Waals surface area contributed by atoms with Gasteiger partial charge < -0.3 is 4.74 Å². The molecule has 0 N–H and O–H groups in total. The predicted molar refractivity (Wildman–Crippen MR) is 68.3 cm³/mol. The lowest BCUT2D eigenvalue weighted by molar-refractivity contribution is -0.122. The molecular weight excluding hydrogens is 226 g/mol. The first-order chi connectivity index (χ1) is 8.74. The molecule has 18 heavy (non-hydrogen) atoms. The molecule has 0 saturated heterocycles. The van der Waals surface area contributed by atoms with Crippen LogP contribution in [0.5, 0.6) is 5.75 Å². The highest BCUT2D eigenvalue weighted by molar-refractivity contribution is 5.86. The van der Waals surface area contributed by atoms with Crippen LogP contribution in [0.1, 0.15) is 37.7 Å². The Kier molecular flexibility index (Phi) is 3.99. The van der Waals surface area contributed by atoms with E-state index in [0.29, 0.717) is 25.9 Å². The van der Waals surface area contributed by atoms with Crippen LogP contribution in [-0.2, 0) is 4.79 Å². The summed E-state index contributed by atoms with van der Waals surface area (Å²) in [6, 6.07) is 9.94. The van der Waals surface area contributed by atoms with Gasteiger partial charge in [-0.2, -0.15) is 5.26 Å². The summed E-state index contributed by atoms with van der Waals surface area (Å²) in [5, 5.41) is 8.97. The number of nitriles is 1. The van der Waals surface area contributed by atoms with Crippen molar-refractivity contribution >= 4 is 5.78 Å². The number of carbonyl (C=O) groups excluding carboxylic acids is 1. The maximum absolute atomic E-state index is 11.9. The second-order valence-electron chi connectivity index (χ2n) is 4.62. The predicted octanol–water partition coefficient (Wildman–Crippen LogP) is 3.06. The largest absolute Gasteiger partial charge is 0.494 e. The van der Waals surface area contributed by atoms with Gasteiger partial charge in [-0.25, -0.2) is 0 Å². The Morgan fingerprint density at radius 3 is 2.72 bits per heavy atom. The zero-order chi connectivity index (χ0) is 13.0. The van der Waals surface area contributed by atoms with Gasteiger partial charge in [-0.05, 0) is 37.5 Å². The number of rotatable bonds is 3. The fourth-order valence-corrected chi connectivity index (χ4v) is 2.43. The Labute approximate surface area is 107 Å². The van der Waals surface area contributed by atoms with Crippen LogP contribution >= 0.6 is 0 Å². The summed E-state index contributed by atoms with van der Waals surface area (Å²) in [7, 11) is 0. The van der Waals surface area contributed by atoms with Crippen LogP contribution in [0.3, 0.4) is 0 Å². The molecule has 0 aliphatic heterocycles. The lowest BCUT2D eigenvalue weighted by atomic mass is 9.78. The van der Waals surface area contributed by atoms with Crippen molar-refractivity contribution in [1.29, 1.82) is 5.26 Å². The van der Waals surface area contributed by atoms with E-state index in [-0.39, 0.29) is 17.6 Å². The third-order valence-electron chi connectivity index (χ3n) is 3.42. The van der Waals surface area contributed by atoms with E-state index in [9.17, 15) is 4.79 Å². The normalized spacial score (nSPS) is 23.4. The Morgan fingerprint density at radius 1 is 1.39 bits per heavy atom. The van der Waals surface area contributed by atoms with Crippen molar-refractivity contribution in [3.05, 3.63) is 29.8 Å². The summed E-state index contributed by atoms with van der Waals surface area (Å²) < 4.78 is 5.38. The molecule has 1 saturated carbocycles. The van der Waals surface area contributed by atoms with Gasteiger partial charge in [-0.3, -0.25) is 4.79 Å². The lowest BCUT2D eigenvalue weighted by Crippen LogP contribution is -2.22. The fraction of sp³-hybridized carbons (Fsp3) is 0.467. The van der Waals surface area contributed by atoms with Gasteiger partial charge in [-0.15, -0.1) is 0 Å². The number of Topliss-reactive ketones (excluding diaryl/α,β-unsaturated/α-hetero) is 1. The van der Waals surface area contributed by atoms with Crippen LogP contribution in [0.15, 0.2) is 24.3 Å². The van der Waals surface area contributed by atoms with Crippen molar-refractivity contribution in [1.82, 2.24) is 0 Å². The maximum atomic E-state index is 11.9. The van der Waals surface area contributed by atoms with E-state index in [4.69, 9.17) is 10.00 Å². The zero-order valence-electron chi connectivity index (χ0n) is 10.6. The Bertz CT molecular complexity index is 458. The molecule has 1 aliphatic carbocycles. The van der Waals surface area contributed by atoms with Crippen LogP contribution in [0.25, 0.3) is 0 Å². The highest BCUT2D eigenvalue weighted by Crippen LogP contribution is 2.34. The minimum atomic E-state index is -0.112. The fourth-order valence-electron chi connectivity index (χ4n) is 2.43. The van der Waals surface area contributed by atoms with Gasteiger partial charge >= 0.3 is 0 Å². The molecule has 1 fully saturated rings. The molecule has 0 amide bonds. The minimum Gasteiger partial charge on any atom is -0.494 e. The summed E-state index contributed by atoms with van der Waals surface area (Å²) in [5.74, 6) is 0.977. The number of carbonyl (C=O) groups is 1. The van der Waals surface area contributed by atoms with E-state index in [1.807, 2.05) is 31.2 Å². The van der Waals surface area contributed by atoms with Crippen molar-refractivity contribution in [2.75, 3.05) is 6.61 Å². The highest BCUT2D eigenvalue weighted by Gasteiger charge is 2.29. The summed E-state index contributed by atoms with van der Waals surface area (Å²) in [5.41, 5.74) is 1.00. The van der Waals surface area contributed by atoms with E-state index in [2.05, 4.69) is 6.07 Å². The molecule has 2 atom stereocenters. The Hall–Kier alpha value is -1.82. The number of hydrogen-bond acceptors (Lipinski definition) is 3. The first-order valence-corrected chi connectivity index (χ1v) is 6.39. The van der Waals surface area contributed by atoms with Gasteiger partial charge in [0, 0.05) is 18.3 Å². The molecule has 1 aromatic rings. The molecular formula is C15H17NO2. The zero-order valence-corrected chi connectivity index (χ0v) is 10.6. The number of nitrogens with zero attached hydrogens (tertiary/aromatic N) is 1. The van der Waals surface area contributed by atoms with Crippen LogP contribution in [0.2, 0.25) is 0 Å². The number of hydrogen-bond donors (Lipinski definition) is 0. The van der Waals surface area contributed by atoms with Crippen molar-refractivity contribution in [3.63, 3.8) is 0 Å². The van der Waals surface area contributed by atoms with Crippen molar-refractivity contribution in [2.24, 2.45) is 5.92 Å². The molecule has 0 heterocycles. The lowest BCUT2D eigenvalue weighted by Gasteiger charge is -2.24. The smallest absolute Gasteiger partial charge is 0.140 e. The quantitative estimate of drug-likeness (QED) is 0.819. The molecule has 2 rings (SSSR count). The van der Waals surface area contributed by atoms with Gasteiger partial charge in [0.2, 0.25) is 0 Å². The minimum absolute atomic E-state index is 0.0132. The van der Waals surface area contributed by atoms with Gasteiger partial charge in [0.05, 0.1) is 12.7 Å². The average Bonchev–Trinajstić information content (AvgIpc) is 2.41. The first-order valence-electron chi connectivity index (χ1n) is 6.39. The summed E-state index contributed by atoms with van der Waals surface area (Å²) >= 11 is 0. The van der Waals surface area contributed by atoms with E-state index in [1.165, 1.54) is 0 Å². The van der Waals surface area contributed by atoms with Crippen LogP contribution in [-0.4, -0.2) is 12.4 Å². The summed E-state index contributed by atoms with van der Waals surface area (Å²) in [6.45, 7) is 2.58. The molecule has 0 bridgehead atoms. The molecule has 2 unspecified atom stereocenters. The third-order valence-corrected chi connectivity index (χ3v) is 3.42. The maximum Gasteiger partial charge on any atom is 0.140 e. The first kappa shape index (κ1) is 12.6. The highest BCUT2D eigenvalue weighted by atomic mass is 16.5. The van der Waals surface area contributed by atoms with Gasteiger partial charge in [0.1, 0.15) is 11.5 Å². The molecule has 0 spiro atoms. The monoisotopic (exact) mass is 243 g/mol. The number of ether oxygens (including phenoxy) is 1. The van der Waals surface area contributed by atoms with Gasteiger partial charge in [-0.1, -0.05) is 12.1 Å². The molecule has 3 heteroatoms. The molecule has 0 radical (unpaired) electrons.